The van der Waals surface area contributed by atoms with Crippen molar-refractivity contribution in [3.05, 3.63) is 33.4 Å². The van der Waals surface area contributed by atoms with Crippen molar-refractivity contribution in [1.82, 2.24) is 10.2 Å². The molecular formula is C16H18N2O6S2. The van der Waals surface area contributed by atoms with Gasteiger partial charge in [0, 0.05) is 12.0 Å². The van der Waals surface area contributed by atoms with Gasteiger partial charge in [0.1, 0.15) is 5.37 Å². The van der Waals surface area contributed by atoms with E-state index in [0.29, 0.717) is 0 Å². The van der Waals surface area contributed by atoms with Gasteiger partial charge in [-0.2, -0.15) is 0 Å². The van der Waals surface area contributed by atoms with Crippen molar-refractivity contribution in [1.29, 1.82) is 0 Å². The van der Waals surface area contributed by atoms with E-state index < -0.39 is 35.1 Å². The molecule has 4 atom stereocenters. The van der Waals surface area contributed by atoms with Crippen LogP contribution in [0.15, 0.2) is 28.5 Å². The van der Waals surface area contributed by atoms with Gasteiger partial charge in [0.2, 0.25) is 5.91 Å². The first kappa shape index (κ1) is 18.9. The molecular weight excluding hydrogens is 380 g/mol. The third kappa shape index (κ3) is 2.92. The summed E-state index contributed by atoms with van der Waals surface area (Å²) < 4.78 is 5.34. The third-order valence-electron chi connectivity index (χ3n) is 4.36. The monoisotopic (exact) mass is 398 g/mol. The van der Waals surface area contributed by atoms with Gasteiger partial charge in [-0.3, -0.25) is 9.59 Å². The standard InChI is InChI=1S/C16H18N2O6S2/c1-8(19)10-7-26-15-16(24-2,14(23)18(15)12(10)13(21)22)17-11(20)6-9-4-3-5-25-9/h3-5,7-8,12,15,19H,6H2,1-2H3,(H,17,20)(H,21,22)/t8?,12?,15-,16?/m1/s1. The fourth-order valence-electron chi connectivity index (χ4n) is 3.08. The van der Waals surface area contributed by atoms with Crippen molar-refractivity contribution in [3.63, 3.8) is 0 Å². The minimum Gasteiger partial charge on any atom is -0.479 e. The number of nitrogens with one attached hydrogen (secondary N) is 1. The molecule has 0 radical (unpaired) electrons. The number of carbonyl (C=O) groups excluding carboxylic acids is 2. The Morgan fingerprint density at radius 3 is 2.77 bits per heavy atom. The molecule has 3 rings (SSSR count). The fourth-order valence-corrected chi connectivity index (χ4v) is 5.19. The fraction of sp³-hybridized carbons (Fsp3) is 0.438. The average molecular weight is 398 g/mol. The second-order valence-electron chi connectivity index (χ2n) is 5.98. The van der Waals surface area contributed by atoms with E-state index >= 15 is 0 Å². The van der Waals surface area contributed by atoms with Crippen LogP contribution in [0.3, 0.4) is 0 Å². The number of β-lactam (4-membered cyclic amide) rings is 1. The predicted molar refractivity (Wildman–Crippen MR) is 95.3 cm³/mol. The third-order valence-corrected chi connectivity index (χ3v) is 6.46. The number of amides is 2. The van der Waals surface area contributed by atoms with Crippen LogP contribution in [0.4, 0.5) is 0 Å². The van der Waals surface area contributed by atoms with E-state index in [-0.39, 0.29) is 17.9 Å². The summed E-state index contributed by atoms with van der Waals surface area (Å²) >= 11 is 2.56. The quantitative estimate of drug-likeness (QED) is 0.469. The highest BCUT2D eigenvalue weighted by Crippen LogP contribution is 2.46. The zero-order valence-corrected chi connectivity index (χ0v) is 15.7. The molecule has 0 aromatic carbocycles. The molecule has 2 aliphatic rings. The molecule has 1 fully saturated rings. The summed E-state index contributed by atoms with van der Waals surface area (Å²) in [5.41, 5.74) is -1.39. The van der Waals surface area contributed by atoms with Crippen molar-refractivity contribution in [2.24, 2.45) is 0 Å². The van der Waals surface area contributed by atoms with Gasteiger partial charge in [-0.05, 0) is 29.4 Å². The van der Waals surface area contributed by atoms with Crippen LogP contribution in [-0.4, -0.2) is 63.3 Å². The number of aliphatic hydroxyl groups excluding tert-OH is 1. The van der Waals surface area contributed by atoms with Crippen LogP contribution in [0.1, 0.15) is 11.8 Å². The van der Waals surface area contributed by atoms with Gasteiger partial charge >= 0.3 is 5.97 Å². The molecule has 140 valence electrons. The van der Waals surface area contributed by atoms with Crippen LogP contribution in [0.5, 0.6) is 0 Å². The first-order valence-electron chi connectivity index (χ1n) is 7.79. The maximum Gasteiger partial charge on any atom is 0.330 e. The average Bonchev–Trinajstić information content (AvgIpc) is 3.10. The molecule has 0 saturated carbocycles. The molecule has 8 nitrogen and oxygen atoms in total. The largest absolute Gasteiger partial charge is 0.479 e. The number of fused-ring (bicyclic) bond motifs is 1. The summed E-state index contributed by atoms with van der Waals surface area (Å²) in [7, 11) is 1.30. The van der Waals surface area contributed by atoms with Gasteiger partial charge in [-0.25, -0.2) is 4.79 Å². The number of carboxylic acids is 1. The van der Waals surface area contributed by atoms with Gasteiger partial charge in [0.25, 0.3) is 11.6 Å². The Labute approximate surface area is 157 Å². The van der Waals surface area contributed by atoms with E-state index in [4.69, 9.17) is 4.74 Å². The van der Waals surface area contributed by atoms with Gasteiger partial charge in [-0.15, -0.1) is 23.1 Å². The molecule has 2 aliphatic heterocycles. The molecule has 0 bridgehead atoms. The van der Waals surface area contributed by atoms with Gasteiger partial charge in [0.15, 0.2) is 6.04 Å². The number of nitrogens with zero attached hydrogens (tertiary/aromatic N) is 1. The Bertz CT molecular complexity index is 763. The molecule has 2 amide bonds. The molecule has 0 spiro atoms. The summed E-state index contributed by atoms with van der Waals surface area (Å²) in [6.45, 7) is 1.44. The van der Waals surface area contributed by atoms with Crippen LogP contribution in [0.25, 0.3) is 0 Å². The first-order valence-corrected chi connectivity index (χ1v) is 9.61. The van der Waals surface area contributed by atoms with Crippen LogP contribution in [-0.2, 0) is 25.5 Å². The highest BCUT2D eigenvalue weighted by molar-refractivity contribution is 8.03. The van der Waals surface area contributed by atoms with E-state index in [1.807, 2.05) is 17.5 Å². The molecule has 3 N–H and O–H groups in total. The Morgan fingerprint density at radius 1 is 1.50 bits per heavy atom. The number of methoxy groups -OCH3 is 1. The van der Waals surface area contributed by atoms with Crippen LogP contribution < -0.4 is 5.32 Å². The predicted octanol–water partition coefficient (Wildman–Crippen LogP) is 0.382. The highest BCUT2D eigenvalue weighted by Gasteiger charge is 2.67. The Balaban J connectivity index is 1.83. The molecule has 10 heteroatoms. The van der Waals surface area contributed by atoms with E-state index in [1.165, 1.54) is 30.8 Å². The number of thioether (sulfide) groups is 1. The summed E-state index contributed by atoms with van der Waals surface area (Å²) in [5, 5.41) is 24.6. The molecule has 3 unspecified atom stereocenters. The van der Waals surface area contributed by atoms with E-state index in [9.17, 15) is 24.6 Å². The molecule has 3 heterocycles. The van der Waals surface area contributed by atoms with Crippen molar-refractivity contribution in [3.8, 4) is 0 Å². The van der Waals surface area contributed by atoms with Crippen LogP contribution >= 0.6 is 23.1 Å². The highest BCUT2D eigenvalue weighted by atomic mass is 32.2. The number of ether oxygens (including phenoxy) is 1. The van der Waals surface area contributed by atoms with E-state index in [2.05, 4.69) is 5.32 Å². The number of aliphatic hydroxyl groups is 1. The summed E-state index contributed by atoms with van der Waals surface area (Å²) in [6.07, 6.45) is -0.909. The zero-order chi connectivity index (χ0) is 19.1. The molecule has 1 aromatic heterocycles. The second kappa shape index (κ2) is 7.03. The smallest absolute Gasteiger partial charge is 0.330 e. The maximum absolute atomic E-state index is 12.8. The second-order valence-corrected chi connectivity index (χ2v) is 7.97. The molecule has 26 heavy (non-hydrogen) atoms. The molecule has 1 saturated heterocycles. The van der Waals surface area contributed by atoms with Crippen molar-refractivity contribution in [2.75, 3.05) is 7.11 Å². The number of rotatable bonds is 6. The maximum atomic E-state index is 12.8. The first-order chi connectivity index (χ1) is 12.3. The number of aliphatic carboxylic acids is 1. The number of carbonyl (C=O) groups is 3. The minimum absolute atomic E-state index is 0.102. The minimum atomic E-state index is -1.62. The van der Waals surface area contributed by atoms with Gasteiger partial charge in [0.05, 0.1) is 12.5 Å². The number of carboxylic acid groups (broad SMARTS) is 1. The van der Waals surface area contributed by atoms with Crippen molar-refractivity contribution in [2.45, 2.75) is 36.6 Å². The Morgan fingerprint density at radius 2 is 2.23 bits per heavy atom. The van der Waals surface area contributed by atoms with E-state index in [1.54, 1.807) is 0 Å². The summed E-state index contributed by atoms with van der Waals surface area (Å²) in [5.74, 6) is -2.28. The number of thiophene rings is 1. The van der Waals surface area contributed by atoms with Crippen LogP contribution in [0, 0.1) is 0 Å². The normalized spacial score (nSPS) is 28.7. The lowest BCUT2D eigenvalue weighted by Gasteiger charge is -2.57. The lowest BCUT2D eigenvalue weighted by molar-refractivity contribution is -0.202. The Kier molecular flexibility index (Phi) is 5.11. The molecule has 0 aliphatic carbocycles. The zero-order valence-electron chi connectivity index (χ0n) is 14.0. The number of hydrogen-bond acceptors (Lipinski definition) is 7. The summed E-state index contributed by atoms with van der Waals surface area (Å²) in [6, 6.07) is 2.35. The lowest BCUT2D eigenvalue weighted by Crippen LogP contribution is -2.83. The van der Waals surface area contributed by atoms with E-state index in [0.717, 1.165) is 21.5 Å². The lowest BCUT2D eigenvalue weighted by atomic mass is 9.92. The summed E-state index contributed by atoms with van der Waals surface area (Å²) in [4.78, 5) is 38.7. The SMILES string of the molecule is COC1(NC(=O)Cc2cccs2)C(=O)N2C(C(=O)O)C(C(C)O)=CS[C@@H]21. The molecule has 1 aromatic rings. The number of hydrogen-bond donors (Lipinski definition) is 3. The van der Waals surface area contributed by atoms with Crippen LogP contribution in [0.2, 0.25) is 0 Å². The van der Waals surface area contributed by atoms with Gasteiger partial charge < -0.3 is 25.2 Å². The van der Waals surface area contributed by atoms with Gasteiger partial charge in [-0.1, -0.05) is 6.07 Å². The topological polar surface area (TPSA) is 116 Å². The van der Waals surface area contributed by atoms with Crippen molar-refractivity contribution < 1.29 is 29.3 Å². The van der Waals surface area contributed by atoms with Crippen molar-refractivity contribution >= 4 is 40.9 Å². The Hall–Kier alpha value is -1.88.